The summed E-state index contributed by atoms with van der Waals surface area (Å²) in [6, 6.07) is 13.6. The summed E-state index contributed by atoms with van der Waals surface area (Å²) in [5.74, 6) is 0. The van der Waals surface area contributed by atoms with Crippen molar-refractivity contribution in [2.45, 2.75) is 32.6 Å². The first kappa shape index (κ1) is 12.0. The Hall–Kier alpha value is -1.76. The molecule has 2 aromatic carbocycles. The van der Waals surface area contributed by atoms with Crippen LogP contribution in [0, 0.1) is 6.92 Å². The van der Waals surface area contributed by atoms with Crippen molar-refractivity contribution in [2.24, 2.45) is 0 Å². The maximum atomic E-state index is 2.61. The highest BCUT2D eigenvalue weighted by Crippen LogP contribution is 2.38. The molecule has 0 radical (unpaired) electrons. The zero-order valence-electron chi connectivity index (χ0n) is 12.2. The third-order valence-electron chi connectivity index (χ3n) is 4.79. The second-order valence-electron chi connectivity index (χ2n) is 6.15. The first-order valence-corrected chi connectivity index (χ1v) is 7.80. The monoisotopic (exact) mass is 263 g/mol. The van der Waals surface area contributed by atoms with Gasteiger partial charge < -0.3 is 4.90 Å². The molecule has 4 rings (SSSR count). The van der Waals surface area contributed by atoms with Gasteiger partial charge in [0.15, 0.2) is 0 Å². The molecule has 0 bridgehead atoms. The lowest BCUT2D eigenvalue weighted by atomic mass is 9.87. The highest BCUT2D eigenvalue weighted by molar-refractivity contribution is 5.75. The zero-order chi connectivity index (χ0) is 13.5. The molecule has 0 fully saturated rings. The summed E-state index contributed by atoms with van der Waals surface area (Å²) in [5.41, 5.74) is 8.91. The van der Waals surface area contributed by atoms with Crippen LogP contribution in [0.25, 0.3) is 11.1 Å². The molecule has 102 valence electrons. The van der Waals surface area contributed by atoms with Crippen molar-refractivity contribution >= 4 is 5.69 Å². The minimum atomic E-state index is 1.25. The summed E-state index contributed by atoms with van der Waals surface area (Å²) < 4.78 is 0. The van der Waals surface area contributed by atoms with Crippen molar-refractivity contribution in [2.75, 3.05) is 18.0 Å². The van der Waals surface area contributed by atoms with E-state index < -0.39 is 0 Å². The lowest BCUT2D eigenvalue weighted by Crippen LogP contribution is -2.34. The van der Waals surface area contributed by atoms with Gasteiger partial charge in [-0.05, 0) is 72.6 Å². The Morgan fingerprint density at radius 3 is 2.20 bits per heavy atom. The highest BCUT2D eigenvalue weighted by Gasteiger charge is 2.24. The van der Waals surface area contributed by atoms with Gasteiger partial charge in [0.25, 0.3) is 0 Å². The summed E-state index contributed by atoms with van der Waals surface area (Å²) in [7, 11) is 0. The Balaban J connectivity index is 1.90. The van der Waals surface area contributed by atoms with Crippen molar-refractivity contribution in [1.29, 1.82) is 0 Å². The van der Waals surface area contributed by atoms with E-state index >= 15 is 0 Å². The molecule has 2 aliphatic heterocycles. The third-order valence-corrected chi connectivity index (χ3v) is 4.79. The number of hydrogen-bond donors (Lipinski definition) is 0. The molecule has 0 unspecified atom stereocenters. The number of aryl methyl sites for hydroxylation is 3. The van der Waals surface area contributed by atoms with Gasteiger partial charge in [0.1, 0.15) is 0 Å². The molecule has 0 amide bonds. The van der Waals surface area contributed by atoms with Gasteiger partial charge in [-0.15, -0.1) is 0 Å². The van der Waals surface area contributed by atoms with Crippen molar-refractivity contribution in [3.63, 3.8) is 0 Å². The van der Waals surface area contributed by atoms with Crippen molar-refractivity contribution in [3.05, 3.63) is 53.1 Å². The van der Waals surface area contributed by atoms with Crippen molar-refractivity contribution in [3.8, 4) is 11.1 Å². The molecule has 1 nitrogen and oxygen atoms in total. The Labute approximate surface area is 121 Å². The first-order valence-electron chi connectivity index (χ1n) is 7.80. The standard InChI is InChI=1S/C19H21N/c1-14-6-2-3-9-18(14)17-12-15-7-4-10-20-11-5-8-16(13-17)19(15)20/h2-3,6,9,12-13H,4-5,7-8,10-11H2,1H3. The van der Waals surface area contributed by atoms with Crippen LogP contribution in [0.4, 0.5) is 5.69 Å². The average molecular weight is 263 g/mol. The predicted molar refractivity (Wildman–Crippen MR) is 85.5 cm³/mol. The van der Waals surface area contributed by atoms with E-state index in [1.165, 1.54) is 55.5 Å². The molecule has 0 atom stereocenters. The minimum absolute atomic E-state index is 1.25. The predicted octanol–water partition coefficient (Wildman–Crippen LogP) is 4.36. The average Bonchev–Trinajstić information content (AvgIpc) is 2.48. The summed E-state index contributed by atoms with van der Waals surface area (Å²) in [6.07, 6.45) is 5.12. The number of benzene rings is 2. The summed E-state index contributed by atoms with van der Waals surface area (Å²) >= 11 is 0. The number of nitrogens with zero attached hydrogens (tertiary/aromatic N) is 1. The molecule has 2 aliphatic rings. The highest BCUT2D eigenvalue weighted by atomic mass is 15.1. The molecule has 0 aliphatic carbocycles. The molecule has 1 heteroatoms. The van der Waals surface area contributed by atoms with E-state index in [0.29, 0.717) is 0 Å². The molecule has 2 aromatic rings. The molecule has 0 saturated heterocycles. The fourth-order valence-corrected chi connectivity index (χ4v) is 3.86. The molecule has 0 spiro atoms. The van der Waals surface area contributed by atoms with Crippen molar-refractivity contribution < 1.29 is 0 Å². The number of anilines is 1. The van der Waals surface area contributed by atoms with E-state index in [1.54, 1.807) is 16.8 Å². The Kier molecular flexibility index (Phi) is 2.80. The van der Waals surface area contributed by atoms with Crippen LogP contribution in [0.15, 0.2) is 36.4 Å². The smallest absolute Gasteiger partial charge is 0.0431 e. The van der Waals surface area contributed by atoms with Gasteiger partial charge in [0.2, 0.25) is 0 Å². The minimum Gasteiger partial charge on any atom is -0.371 e. The van der Waals surface area contributed by atoms with E-state index in [-0.39, 0.29) is 0 Å². The lowest BCUT2D eigenvalue weighted by molar-refractivity contribution is 0.634. The van der Waals surface area contributed by atoms with Crippen LogP contribution in [0.2, 0.25) is 0 Å². The van der Waals surface area contributed by atoms with Gasteiger partial charge in [-0.3, -0.25) is 0 Å². The maximum Gasteiger partial charge on any atom is 0.0431 e. The van der Waals surface area contributed by atoms with Gasteiger partial charge in [-0.1, -0.05) is 24.3 Å². The molecule has 2 heterocycles. The number of rotatable bonds is 1. The van der Waals surface area contributed by atoms with Crippen LogP contribution < -0.4 is 4.90 Å². The normalized spacial score (nSPS) is 16.9. The van der Waals surface area contributed by atoms with Crippen LogP contribution in [-0.4, -0.2) is 13.1 Å². The molecular formula is C19H21N. The number of hydrogen-bond acceptors (Lipinski definition) is 1. The first-order chi connectivity index (χ1) is 9.83. The van der Waals surface area contributed by atoms with Gasteiger partial charge in [0.05, 0.1) is 0 Å². The van der Waals surface area contributed by atoms with Crippen LogP contribution in [-0.2, 0) is 12.8 Å². The Bertz CT molecular complexity index is 626. The summed E-state index contributed by atoms with van der Waals surface area (Å²) in [4.78, 5) is 2.61. The third kappa shape index (κ3) is 1.84. The second-order valence-corrected chi connectivity index (χ2v) is 6.15. The Morgan fingerprint density at radius 1 is 0.900 bits per heavy atom. The SMILES string of the molecule is Cc1ccccc1-c1cc2c3c(c1)CCCN3CCC2. The lowest BCUT2D eigenvalue weighted by Gasteiger charge is -2.37. The van der Waals surface area contributed by atoms with Crippen molar-refractivity contribution in [1.82, 2.24) is 0 Å². The van der Waals surface area contributed by atoms with Gasteiger partial charge in [0, 0.05) is 18.8 Å². The fraction of sp³-hybridized carbons (Fsp3) is 0.368. The largest absolute Gasteiger partial charge is 0.371 e. The van der Waals surface area contributed by atoms with Crippen LogP contribution in [0.3, 0.4) is 0 Å². The van der Waals surface area contributed by atoms with E-state index in [4.69, 9.17) is 0 Å². The maximum absolute atomic E-state index is 2.61. The van der Waals surface area contributed by atoms with E-state index in [1.807, 2.05) is 0 Å². The molecule has 0 saturated carbocycles. The molecule has 0 N–H and O–H groups in total. The molecular weight excluding hydrogens is 242 g/mol. The topological polar surface area (TPSA) is 3.24 Å². The molecule has 0 aromatic heterocycles. The quantitative estimate of drug-likeness (QED) is 0.739. The fourth-order valence-electron chi connectivity index (χ4n) is 3.86. The molecule has 20 heavy (non-hydrogen) atoms. The van der Waals surface area contributed by atoms with Gasteiger partial charge in [-0.2, -0.15) is 0 Å². The summed E-state index contributed by atoms with van der Waals surface area (Å²) in [5, 5.41) is 0. The zero-order valence-corrected chi connectivity index (χ0v) is 12.2. The van der Waals surface area contributed by atoms with Gasteiger partial charge >= 0.3 is 0 Å². The van der Waals surface area contributed by atoms with E-state index in [9.17, 15) is 0 Å². The van der Waals surface area contributed by atoms with Crippen LogP contribution in [0.1, 0.15) is 29.5 Å². The van der Waals surface area contributed by atoms with Gasteiger partial charge in [-0.25, -0.2) is 0 Å². The second kappa shape index (κ2) is 4.66. The van der Waals surface area contributed by atoms with Crippen LogP contribution in [0.5, 0.6) is 0 Å². The van der Waals surface area contributed by atoms with E-state index in [0.717, 1.165) is 0 Å². The Morgan fingerprint density at radius 2 is 1.55 bits per heavy atom. The van der Waals surface area contributed by atoms with E-state index in [2.05, 4.69) is 48.2 Å². The van der Waals surface area contributed by atoms with Crippen LogP contribution >= 0.6 is 0 Å². The summed E-state index contributed by atoms with van der Waals surface area (Å²) in [6.45, 7) is 4.72.